The predicted molar refractivity (Wildman–Crippen MR) is 120 cm³/mol. The summed E-state index contributed by atoms with van der Waals surface area (Å²) >= 11 is 5.92. The third-order valence-electron chi connectivity index (χ3n) is 6.00. The van der Waals surface area contributed by atoms with Gasteiger partial charge in [-0.1, -0.05) is 23.7 Å². The first-order valence-corrected chi connectivity index (χ1v) is 12.5. The normalized spacial score (nSPS) is 17.3. The molecule has 8 heteroatoms. The Morgan fingerprint density at radius 3 is 2.65 bits per heavy atom. The number of nitrogens with zero attached hydrogens (tertiary/aromatic N) is 1. The summed E-state index contributed by atoms with van der Waals surface area (Å²) in [6.45, 7) is 1.45. The number of aryl methyl sites for hydroxylation is 2. The molecule has 0 bridgehead atoms. The van der Waals surface area contributed by atoms with Crippen LogP contribution in [0.25, 0.3) is 0 Å². The van der Waals surface area contributed by atoms with Gasteiger partial charge in [0.05, 0.1) is 11.4 Å². The van der Waals surface area contributed by atoms with Crippen LogP contribution in [-0.2, 0) is 27.7 Å². The smallest absolute Gasteiger partial charge is 0.243 e. The molecule has 2 aliphatic rings. The summed E-state index contributed by atoms with van der Waals surface area (Å²) < 4.78 is 33.2. The first-order chi connectivity index (χ1) is 14.9. The number of nitrogens with one attached hydrogen (secondary N) is 1. The number of carbonyl (C=O) groups excluding carboxylic acids is 1. The molecule has 0 aromatic heterocycles. The molecule has 1 aliphatic heterocycles. The molecule has 0 unspecified atom stereocenters. The van der Waals surface area contributed by atoms with Crippen molar-refractivity contribution in [2.24, 2.45) is 5.92 Å². The second-order valence-corrected chi connectivity index (χ2v) is 10.4. The number of amides is 1. The van der Waals surface area contributed by atoms with Crippen LogP contribution in [0.5, 0.6) is 5.75 Å². The Morgan fingerprint density at radius 1 is 1.10 bits per heavy atom. The van der Waals surface area contributed by atoms with Crippen molar-refractivity contribution in [2.75, 3.05) is 26.2 Å². The molecule has 6 nitrogen and oxygen atoms in total. The van der Waals surface area contributed by atoms with Crippen LogP contribution in [0.1, 0.15) is 30.4 Å². The molecule has 1 amide bonds. The lowest BCUT2D eigenvalue weighted by molar-refractivity contribution is -0.126. The molecule has 1 saturated heterocycles. The summed E-state index contributed by atoms with van der Waals surface area (Å²) in [6, 6.07) is 12.6. The Bertz CT molecular complexity index is 1050. The SMILES string of the molecule is O=C(NCCOc1cccc(Cl)c1)C1CCN(S(=O)(=O)c2ccc3c(c2)CCC3)CC1. The highest BCUT2D eigenvalue weighted by Gasteiger charge is 2.32. The fraction of sp³-hybridized carbons (Fsp3) is 0.435. The first-order valence-electron chi connectivity index (χ1n) is 10.7. The van der Waals surface area contributed by atoms with Crippen molar-refractivity contribution >= 4 is 27.5 Å². The second-order valence-electron chi connectivity index (χ2n) is 8.06. The quantitative estimate of drug-likeness (QED) is 0.639. The van der Waals surface area contributed by atoms with E-state index >= 15 is 0 Å². The lowest BCUT2D eigenvalue weighted by atomic mass is 9.97. The van der Waals surface area contributed by atoms with Gasteiger partial charge in [0.15, 0.2) is 0 Å². The second kappa shape index (κ2) is 9.59. The highest BCUT2D eigenvalue weighted by Crippen LogP contribution is 2.28. The van der Waals surface area contributed by atoms with Crippen LogP contribution in [0, 0.1) is 5.92 Å². The molecule has 31 heavy (non-hydrogen) atoms. The van der Waals surface area contributed by atoms with Gasteiger partial charge in [0, 0.05) is 24.0 Å². The number of rotatable bonds is 7. The van der Waals surface area contributed by atoms with Crippen LogP contribution in [0.15, 0.2) is 47.4 Å². The van der Waals surface area contributed by atoms with Gasteiger partial charge >= 0.3 is 0 Å². The van der Waals surface area contributed by atoms with Gasteiger partial charge in [-0.3, -0.25) is 4.79 Å². The van der Waals surface area contributed by atoms with Gasteiger partial charge in [-0.25, -0.2) is 8.42 Å². The van der Waals surface area contributed by atoms with E-state index in [0.717, 1.165) is 24.8 Å². The van der Waals surface area contributed by atoms with E-state index in [1.807, 2.05) is 18.2 Å². The Hall–Kier alpha value is -2.09. The lowest BCUT2D eigenvalue weighted by Crippen LogP contribution is -2.43. The van der Waals surface area contributed by atoms with E-state index in [2.05, 4.69) is 5.32 Å². The van der Waals surface area contributed by atoms with Gasteiger partial charge in [0.1, 0.15) is 12.4 Å². The van der Waals surface area contributed by atoms with Crippen molar-refractivity contribution in [3.8, 4) is 5.75 Å². The maximum atomic E-state index is 13.0. The summed E-state index contributed by atoms with van der Waals surface area (Å²) in [6.07, 6.45) is 4.10. The molecule has 1 N–H and O–H groups in total. The maximum Gasteiger partial charge on any atom is 0.243 e. The monoisotopic (exact) mass is 462 g/mol. The zero-order valence-electron chi connectivity index (χ0n) is 17.3. The lowest BCUT2D eigenvalue weighted by Gasteiger charge is -2.30. The fourth-order valence-corrected chi connectivity index (χ4v) is 5.96. The van der Waals surface area contributed by atoms with Gasteiger partial charge in [-0.15, -0.1) is 0 Å². The maximum absolute atomic E-state index is 13.0. The van der Waals surface area contributed by atoms with E-state index in [4.69, 9.17) is 16.3 Å². The topological polar surface area (TPSA) is 75.7 Å². The van der Waals surface area contributed by atoms with Crippen molar-refractivity contribution in [1.82, 2.24) is 9.62 Å². The third kappa shape index (κ3) is 5.22. The molecule has 0 saturated carbocycles. The number of sulfonamides is 1. The minimum Gasteiger partial charge on any atom is -0.492 e. The number of benzene rings is 2. The Morgan fingerprint density at radius 2 is 1.87 bits per heavy atom. The van der Waals surface area contributed by atoms with Gasteiger partial charge in [-0.2, -0.15) is 4.31 Å². The molecule has 0 radical (unpaired) electrons. The van der Waals surface area contributed by atoms with Crippen molar-refractivity contribution in [1.29, 1.82) is 0 Å². The number of carbonyl (C=O) groups is 1. The van der Waals surface area contributed by atoms with Crippen molar-refractivity contribution in [3.63, 3.8) is 0 Å². The Kier molecular flexibility index (Phi) is 6.84. The summed E-state index contributed by atoms with van der Waals surface area (Å²) in [5.41, 5.74) is 2.41. The molecule has 0 spiro atoms. The van der Waals surface area contributed by atoms with Crippen LogP contribution >= 0.6 is 11.6 Å². The fourth-order valence-electron chi connectivity index (χ4n) is 4.26. The first kappa shape index (κ1) is 22.1. The van der Waals surface area contributed by atoms with Gasteiger partial charge in [0.25, 0.3) is 0 Å². The largest absolute Gasteiger partial charge is 0.492 e. The molecule has 2 aromatic carbocycles. The van der Waals surface area contributed by atoms with Crippen LogP contribution in [0.2, 0.25) is 5.02 Å². The van der Waals surface area contributed by atoms with E-state index in [1.165, 1.54) is 9.87 Å². The van der Waals surface area contributed by atoms with Crippen LogP contribution in [0.4, 0.5) is 0 Å². The van der Waals surface area contributed by atoms with E-state index in [9.17, 15) is 13.2 Å². The van der Waals surface area contributed by atoms with E-state index in [-0.39, 0.29) is 11.8 Å². The molecule has 2 aromatic rings. The molecule has 4 rings (SSSR count). The molecule has 1 heterocycles. The number of fused-ring (bicyclic) bond motifs is 1. The highest BCUT2D eigenvalue weighted by atomic mass is 35.5. The number of ether oxygens (including phenoxy) is 1. The van der Waals surface area contributed by atoms with Crippen LogP contribution in [0.3, 0.4) is 0 Å². The number of halogens is 1. The Balaban J connectivity index is 1.24. The zero-order valence-corrected chi connectivity index (χ0v) is 18.9. The van der Waals surface area contributed by atoms with E-state index < -0.39 is 10.0 Å². The summed E-state index contributed by atoms with van der Waals surface area (Å²) in [7, 11) is -3.52. The Labute approximate surface area is 188 Å². The zero-order chi connectivity index (χ0) is 21.8. The third-order valence-corrected chi connectivity index (χ3v) is 8.13. The summed E-state index contributed by atoms with van der Waals surface area (Å²) in [4.78, 5) is 12.8. The van der Waals surface area contributed by atoms with Crippen molar-refractivity contribution in [3.05, 3.63) is 58.6 Å². The van der Waals surface area contributed by atoms with Gasteiger partial charge in [0.2, 0.25) is 15.9 Å². The van der Waals surface area contributed by atoms with Crippen molar-refractivity contribution in [2.45, 2.75) is 37.0 Å². The van der Waals surface area contributed by atoms with E-state index in [0.29, 0.717) is 54.8 Å². The molecule has 1 fully saturated rings. The standard InChI is InChI=1S/C23H27ClN2O4S/c24-20-5-2-6-21(16-20)30-14-11-25-23(27)18-9-12-26(13-10-18)31(28,29)22-8-7-17-3-1-4-19(17)15-22/h2,5-8,15-16,18H,1,3-4,9-14H2,(H,25,27). The molecular formula is C23H27ClN2O4S. The van der Waals surface area contributed by atoms with Gasteiger partial charge < -0.3 is 10.1 Å². The number of hydrogen-bond donors (Lipinski definition) is 1. The minimum absolute atomic E-state index is 0.0516. The molecule has 166 valence electrons. The van der Waals surface area contributed by atoms with Crippen molar-refractivity contribution < 1.29 is 17.9 Å². The highest BCUT2D eigenvalue weighted by molar-refractivity contribution is 7.89. The molecular weight excluding hydrogens is 436 g/mol. The number of hydrogen-bond acceptors (Lipinski definition) is 4. The predicted octanol–water partition coefficient (Wildman–Crippen LogP) is 3.42. The van der Waals surface area contributed by atoms with Crippen LogP contribution < -0.4 is 10.1 Å². The average molecular weight is 463 g/mol. The molecule has 1 aliphatic carbocycles. The molecule has 0 atom stereocenters. The summed E-state index contributed by atoms with van der Waals surface area (Å²) in [5, 5.41) is 3.49. The summed E-state index contributed by atoms with van der Waals surface area (Å²) in [5.74, 6) is 0.425. The average Bonchev–Trinajstić information content (AvgIpc) is 3.25. The minimum atomic E-state index is -3.52. The van der Waals surface area contributed by atoms with E-state index in [1.54, 1.807) is 24.3 Å². The van der Waals surface area contributed by atoms with Crippen LogP contribution in [-0.4, -0.2) is 44.9 Å². The van der Waals surface area contributed by atoms with Gasteiger partial charge in [-0.05, 0) is 73.6 Å². The number of piperidine rings is 1.